The van der Waals surface area contributed by atoms with Crippen LogP contribution in [0.1, 0.15) is 18.3 Å². The lowest BCUT2D eigenvalue weighted by Gasteiger charge is -2.21. The molecule has 0 bridgehead atoms. The summed E-state index contributed by atoms with van der Waals surface area (Å²) < 4.78 is 1.92. The Labute approximate surface area is 106 Å². The molecule has 0 saturated carbocycles. The highest BCUT2D eigenvalue weighted by molar-refractivity contribution is 7.99. The zero-order valence-corrected chi connectivity index (χ0v) is 11.2. The number of ketones is 1. The van der Waals surface area contributed by atoms with Crippen molar-refractivity contribution in [2.75, 3.05) is 18.1 Å². The Morgan fingerprint density at radius 1 is 1.71 bits per heavy atom. The maximum atomic E-state index is 12.1. The summed E-state index contributed by atoms with van der Waals surface area (Å²) in [6.07, 6.45) is 0.493. The van der Waals surface area contributed by atoms with Crippen LogP contribution < -0.4 is 5.32 Å². The highest BCUT2D eigenvalue weighted by Gasteiger charge is 2.22. The molecule has 0 aromatic carbocycles. The minimum Gasteiger partial charge on any atom is -0.306 e. The summed E-state index contributed by atoms with van der Waals surface area (Å²) in [6.45, 7) is 5.78. The van der Waals surface area contributed by atoms with E-state index in [2.05, 4.69) is 17.3 Å². The van der Waals surface area contributed by atoms with Crippen LogP contribution in [-0.4, -0.2) is 39.7 Å². The summed E-state index contributed by atoms with van der Waals surface area (Å²) >= 11 is 1.85. The summed E-state index contributed by atoms with van der Waals surface area (Å²) in [4.78, 5) is 12.1. The first-order chi connectivity index (χ1) is 8.20. The van der Waals surface area contributed by atoms with Gasteiger partial charge >= 0.3 is 0 Å². The predicted octanol–water partition coefficient (Wildman–Crippen LogP) is 1.03. The monoisotopic (exact) mass is 253 g/mol. The molecule has 94 valence electrons. The van der Waals surface area contributed by atoms with Gasteiger partial charge in [0.05, 0.1) is 18.2 Å². The van der Waals surface area contributed by atoms with Crippen LogP contribution in [0.15, 0.2) is 6.07 Å². The molecule has 1 atom stereocenters. The van der Waals surface area contributed by atoms with Gasteiger partial charge < -0.3 is 5.32 Å². The van der Waals surface area contributed by atoms with E-state index >= 15 is 0 Å². The third-order valence-electron chi connectivity index (χ3n) is 2.95. The SMILES string of the molecule is CCn1nc(C)cc1CC(=O)C1CSCCN1. The van der Waals surface area contributed by atoms with Gasteiger partial charge in [-0.05, 0) is 19.9 Å². The molecule has 1 N–H and O–H groups in total. The normalized spacial score (nSPS) is 20.5. The van der Waals surface area contributed by atoms with E-state index in [-0.39, 0.29) is 11.8 Å². The smallest absolute Gasteiger partial charge is 0.156 e. The van der Waals surface area contributed by atoms with Crippen LogP contribution >= 0.6 is 11.8 Å². The highest BCUT2D eigenvalue weighted by atomic mass is 32.2. The molecule has 0 aliphatic carbocycles. The van der Waals surface area contributed by atoms with Crippen molar-refractivity contribution in [2.45, 2.75) is 32.9 Å². The molecular weight excluding hydrogens is 234 g/mol. The molecule has 17 heavy (non-hydrogen) atoms. The summed E-state index contributed by atoms with van der Waals surface area (Å²) in [7, 11) is 0. The van der Waals surface area contributed by atoms with Crippen LogP contribution in [0.4, 0.5) is 0 Å². The Balaban J connectivity index is 2.01. The summed E-state index contributed by atoms with van der Waals surface area (Å²) in [6, 6.07) is 2.03. The Kier molecular flexibility index (Phi) is 4.23. The molecule has 0 radical (unpaired) electrons. The lowest BCUT2D eigenvalue weighted by Crippen LogP contribution is -2.44. The number of hydrogen-bond acceptors (Lipinski definition) is 4. The highest BCUT2D eigenvalue weighted by Crippen LogP contribution is 2.12. The van der Waals surface area contributed by atoms with Crippen molar-refractivity contribution in [3.63, 3.8) is 0 Å². The molecule has 2 rings (SSSR count). The topological polar surface area (TPSA) is 46.9 Å². The lowest BCUT2D eigenvalue weighted by atomic mass is 10.1. The standard InChI is InChI=1S/C12H19N3OS/c1-3-15-10(6-9(2)14-15)7-12(16)11-8-17-5-4-13-11/h6,11,13H,3-5,7-8H2,1-2H3. The molecule has 1 unspecified atom stereocenters. The number of carbonyl (C=O) groups excluding carboxylic acids is 1. The van der Waals surface area contributed by atoms with E-state index in [1.165, 1.54) is 0 Å². The Bertz CT molecular complexity index is 396. The Morgan fingerprint density at radius 2 is 2.53 bits per heavy atom. The van der Waals surface area contributed by atoms with Crippen LogP contribution in [0.3, 0.4) is 0 Å². The number of aryl methyl sites for hydroxylation is 2. The maximum Gasteiger partial charge on any atom is 0.156 e. The van der Waals surface area contributed by atoms with E-state index < -0.39 is 0 Å². The molecule has 1 fully saturated rings. The Morgan fingerprint density at radius 3 is 3.18 bits per heavy atom. The van der Waals surface area contributed by atoms with E-state index in [4.69, 9.17) is 0 Å². The van der Waals surface area contributed by atoms with Crippen molar-refractivity contribution in [3.8, 4) is 0 Å². The largest absolute Gasteiger partial charge is 0.306 e. The van der Waals surface area contributed by atoms with Gasteiger partial charge in [-0.25, -0.2) is 0 Å². The first-order valence-electron chi connectivity index (χ1n) is 6.08. The molecule has 1 aliphatic rings. The number of nitrogens with zero attached hydrogens (tertiary/aromatic N) is 2. The van der Waals surface area contributed by atoms with E-state index in [1.807, 2.05) is 29.4 Å². The first-order valence-corrected chi connectivity index (χ1v) is 7.23. The second-order valence-corrected chi connectivity index (χ2v) is 5.47. The molecule has 1 saturated heterocycles. The molecule has 0 amide bonds. The van der Waals surface area contributed by atoms with Crippen LogP contribution in [0, 0.1) is 6.92 Å². The summed E-state index contributed by atoms with van der Waals surface area (Å²) in [5, 5.41) is 7.65. The van der Waals surface area contributed by atoms with Gasteiger partial charge in [-0.2, -0.15) is 16.9 Å². The van der Waals surface area contributed by atoms with Gasteiger partial charge in [0.1, 0.15) is 0 Å². The third-order valence-corrected chi connectivity index (χ3v) is 4.01. The van der Waals surface area contributed by atoms with E-state index in [0.717, 1.165) is 36.0 Å². The zero-order valence-electron chi connectivity index (χ0n) is 10.4. The number of nitrogens with one attached hydrogen (secondary N) is 1. The fourth-order valence-electron chi connectivity index (χ4n) is 2.09. The molecule has 1 aromatic heterocycles. The quantitative estimate of drug-likeness (QED) is 0.870. The van der Waals surface area contributed by atoms with Crippen molar-refractivity contribution in [3.05, 3.63) is 17.5 Å². The van der Waals surface area contributed by atoms with Crippen molar-refractivity contribution in [1.82, 2.24) is 15.1 Å². The van der Waals surface area contributed by atoms with Crippen LogP contribution in [0.2, 0.25) is 0 Å². The molecule has 2 heterocycles. The van der Waals surface area contributed by atoms with Crippen LogP contribution in [-0.2, 0) is 17.8 Å². The van der Waals surface area contributed by atoms with Crippen molar-refractivity contribution in [1.29, 1.82) is 0 Å². The van der Waals surface area contributed by atoms with Gasteiger partial charge in [-0.15, -0.1) is 0 Å². The van der Waals surface area contributed by atoms with Crippen molar-refractivity contribution in [2.24, 2.45) is 0 Å². The van der Waals surface area contributed by atoms with Crippen molar-refractivity contribution < 1.29 is 4.79 Å². The van der Waals surface area contributed by atoms with Crippen LogP contribution in [0.25, 0.3) is 0 Å². The molecule has 4 nitrogen and oxygen atoms in total. The fourth-order valence-corrected chi connectivity index (χ4v) is 3.06. The summed E-state index contributed by atoms with van der Waals surface area (Å²) in [5.74, 6) is 2.29. The second kappa shape index (κ2) is 5.69. The van der Waals surface area contributed by atoms with Gasteiger partial charge in [0.15, 0.2) is 5.78 Å². The number of thioether (sulfide) groups is 1. The zero-order chi connectivity index (χ0) is 12.3. The minimum atomic E-state index is 0.0225. The van der Waals surface area contributed by atoms with Gasteiger partial charge in [-0.3, -0.25) is 9.48 Å². The van der Waals surface area contributed by atoms with Gasteiger partial charge in [0.2, 0.25) is 0 Å². The second-order valence-electron chi connectivity index (χ2n) is 4.32. The van der Waals surface area contributed by atoms with Gasteiger partial charge in [-0.1, -0.05) is 0 Å². The van der Waals surface area contributed by atoms with Crippen LogP contribution in [0.5, 0.6) is 0 Å². The molecule has 5 heteroatoms. The van der Waals surface area contributed by atoms with Gasteiger partial charge in [0.25, 0.3) is 0 Å². The molecule has 1 aromatic rings. The van der Waals surface area contributed by atoms with Crippen molar-refractivity contribution >= 4 is 17.5 Å². The molecular formula is C12H19N3OS. The average Bonchev–Trinajstić information content (AvgIpc) is 2.70. The van der Waals surface area contributed by atoms with E-state index in [0.29, 0.717) is 6.42 Å². The Hall–Kier alpha value is -0.810. The van der Waals surface area contributed by atoms with E-state index in [1.54, 1.807) is 0 Å². The maximum absolute atomic E-state index is 12.1. The number of Topliss-reactive ketones (excluding diaryl/α,β-unsaturated/α-hetero) is 1. The van der Waals surface area contributed by atoms with E-state index in [9.17, 15) is 4.79 Å². The minimum absolute atomic E-state index is 0.0225. The number of hydrogen-bond donors (Lipinski definition) is 1. The first kappa shape index (κ1) is 12.6. The molecule has 1 aliphatic heterocycles. The van der Waals surface area contributed by atoms with Gasteiger partial charge in [0, 0.05) is 30.3 Å². The molecule has 0 spiro atoms. The number of aromatic nitrogens is 2. The fraction of sp³-hybridized carbons (Fsp3) is 0.667. The predicted molar refractivity (Wildman–Crippen MR) is 70.5 cm³/mol. The third kappa shape index (κ3) is 3.10. The average molecular weight is 253 g/mol. The number of rotatable bonds is 4. The lowest BCUT2D eigenvalue weighted by molar-refractivity contribution is -0.120. The number of carbonyl (C=O) groups is 1. The summed E-state index contributed by atoms with van der Waals surface area (Å²) in [5.41, 5.74) is 2.02.